The fourth-order valence-corrected chi connectivity index (χ4v) is 3.04. The number of fused-ring (bicyclic) bond motifs is 1. The van der Waals surface area contributed by atoms with Crippen LogP contribution in [0.5, 0.6) is 0 Å². The van der Waals surface area contributed by atoms with Crippen LogP contribution in [0.4, 0.5) is 5.69 Å². The largest absolute Gasteiger partial charge is 0.333 e. The minimum atomic E-state index is -0.393. The third kappa shape index (κ3) is 2.54. The molecule has 0 aliphatic carbocycles. The molecule has 0 saturated carbocycles. The number of hydrogen-bond donors (Lipinski definition) is 1. The highest BCUT2D eigenvalue weighted by Gasteiger charge is 2.16. The summed E-state index contributed by atoms with van der Waals surface area (Å²) in [6.07, 6.45) is 0. The number of hydrogen-bond acceptors (Lipinski definition) is 4. The molecule has 0 aliphatic heterocycles. The Kier molecular flexibility index (Phi) is 3.45. The third-order valence-electron chi connectivity index (χ3n) is 2.69. The molecule has 7 heteroatoms. The summed E-state index contributed by atoms with van der Waals surface area (Å²) in [4.78, 5) is 18.8. The molecule has 1 N–H and O–H groups in total. The van der Waals surface area contributed by atoms with Crippen LogP contribution in [0.2, 0.25) is 0 Å². The lowest BCUT2D eigenvalue weighted by atomic mass is 10.3. The minimum Gasteiger partial charge on any atom is -0.333 e. The van der Waals surface area contributed by atoms with Gasteiger partial charge >= 0.3 is 0 Å². The van der Waals surface area contributed by atoms with E-state index in [1.54, 1.807) is 12.1 Å². The smallest absolute Gasteiger partial charge is 0.284 e. The van der Waals surface area contributed by atoms with Crippen molar-refractivity contribution in [3.05, 3.63) is 57.1 Å². The van der Waals surface area contributed by atoms with Gasteiger partial charge in [-0.3, -0.25) is 10.1 Å². The first kappa shape index (κ1) is 13.1. The standard InChI is InChI=1S/C13H8BrN3O2S/c14-8-5-6-12(11(7-8)17(18)19)20-13-15-9-3-1-2-4-10(9)16-13/h1-7H,(H,15,16). The van der Waals surface area contributed by atoms with Crippen molar-refractivity contribution in [2.75, 3.05) is 0 Å². The van der Waals surface area contributed by atoms with Crippen LogP contribution in [0.25, 0.3) is 11.0 Å². The fourth-order valence-electron chi connectivity index (χ4n) is 1.80. The predicted molar refractivity (Wildman–Crippen MR) is 81.0 cm³/mol. The molecular weight excluding hydrogens is 342 g/mol. The van der Waals surface area contributed by atoms with E-state index in [9.17, 15) is 10.1 Å². The molecule has 1 aromatic heterocycles. The number of halogens is 1. The highest BCUT2D eigenvalue weighted by Crippen LogP contribution is 2.35. The van der Waals surface area contributed by atoms with Gasteiger partial charge in [0.25, 0.3) is 5.69 Å². The van der Waals surface area contributed by atoms with Crippen molar-refractivity contribution in [1.29, 1.82) is 0 Å². The summed E-state index contributed by atoms with van der Waals surface area (Å²) in [5, 5.41) is 11.7. The molecule has 3 aromatic rings. The molecule has 0 aliphatic rings. The molecular formula is C13H8BrN3O2S. The maximum atomic E-state index is 11.1. The van der Waals surface area contributed by atoms with Crippen LogP contribution in [-0.2, 0) is 0 Å². The maximum Gasteiger partial charge on any atom is 0.284 e. The second kappa shape index (κ2) is 5.26. The Morgan fingerprint density at radius 2 is 2.05 bits per heavy atom. The first-order valence-electron chi connectivity index (χ1n) is 5.70. The van der Waals surface area contributed by atoms with Crippen molar-refractivity contribution < 1.29 is 4.92 Å². The van der Waals surface area contributed by atoms with Crippen LogP contribution in [0.15, 0.2) is 57.0 Å². The Morgan fingerprint density at radius 1 is 1.25 bits per heavy atom. The Balaban J connectivity index is 2.00. The third-order valence-corrected chi connectivity index (χ3v) is 4.14. The normalized spacial score (nSPS) is 10.8. The molecule has 3 rings (SSSR count). The number of nitro groups is 1. The molecule has 1 heterocycles. The summed E-state index contributed by atoms with van der Waals surface area (Å²) in [5.41, 5.74) is 1.81. The SMILES string of the molecule is O=[N+]([O-])c1cc(Br)ccc1Sc1nc2ccccc2[nH]1. The summed E-state index contributed by atoms with van der Waals surface area (Å²) in [6.45, 7) is 0. The van der Waals surface area contributed by atoms with Crippen molar-refractivity contribution in [2.45, 2.75) is 10.1 Å². The molecule has 0 atom stereocenters. The monoisotopic (exact) mass is 349 g/mol. The number of para-hydroxylation sites is 2. The second-order valence-electron chi connectivity index (χ2n) is 4.03. The molecule has 100 valence electrons. The quantitative estimate of drug-likeness (QED) is 0.562. The van der Waals surface area contributed by atoms with Gasteiger partial charge in [-0.05, 0) is 36.0 Å². The lowest BCUT2D eigenvalue weighted by Gasteiger charge is -2.00. The van der Waals surface area contributed by atoms with E-state index >= 15 is 0 Å². The summed E-state index contributed by atoms with van der Waals surface area (Å²) in [7, 11) is 0. The number of nitrogens with zero attached hydrogens (tertiary/aromatic N) is 2. The number of imidazole rings is 1. The molecule has 0 radical (unpaired) electrons. The molecule has 0 fully saturated rings. The van der Waals surface area contributed by atoms with E-state index in [-0.39, 0.29) is 5.69 Å². The van der Waals surface area contributed by atoms with E-state index in [2.05, 4.69) is 25.9 Å². The van der Waals surface area contributed by atoms with Gasteiger partial charge in [-0.1, -0.05) is 28.1 Å². The highest BCUT2D eigenvalue weighted by molar-refractivity contribution is 9.10. The lowest BCUT2D eigenvalue weighted by Crippen LogP contribution is -1.91. The Morgan fingerprint density at radius 3 is 2.80 bits per heavy atom. The van der Waals surface area contributed by atoms with Crippen LogP contribution in [0.3, 0.4) is 0 Å². The zero-order valence-electron chi connectivity index (χ0n) is 10.0. The number of H-pyrrole nitrogens is 1. The van der Waals surface area contributed by atoms with Gasteiger partial charge in [-0.15, -0.1) is 0 Å². The second-order valence-corrected chi connectivity index (χ2v) is 5.98. The predicted octanol–water partition coefficient (Wildman–Crippen LogP) is 4.38. The van der Waals surface area contributed by atoms with E-state index in [0.717, 1.165) is 11.0 Å². The van der Waals surface area contributed by atoms with Gasteiger partial charge in [-0.25, -0.2) is 4.98 Å². The fraction of sp³-hybridized carbons (Fsp3) is 0. The van der Waals surface area contributed by atoms with E-state index < -0.39 is 4.92 Å². The average Bonchev–Trinajstić information content (AvgIpc) is 2.82. The van der Waals surface area contributed by atoms with E-state index in [0.29, 0.717) is 14.5 Å². The topological polar surface area (TPSA) is 71.8 Å². The first-order chi connectivity index (χ1) is 9.63. The number of benzene rings is 2. The molecule has 2 aromatic carbocycles. The van der Waals surface area contributed by atoms with Crippen LogP contribution in [0, 0.1) is 10.1 Å². The van der Waals surface area contributed by atoms with Gasteiger partial charge in [0.2, 0.25) is 0 Å². The van der Waals surface area contributed by atoms with Crippen LogP contribution in [0.1, 0.15) is 0 Å². The van der Waals surface area contributed by atoms with Gasteiger partial charge in [0.1, 0.15) is 0 Å². The van der Waals surface area contributed by atoms with Gasteiger partial charge in [0.05, 0.1) is 20.9 Å². The van der Waals surface area contributed by atoms with Crippen molar-refractivity contribution in [2.24, 2.45) is 0 Å². The van der Waals surface area contributed by atoms with Crippen molar-refractivity contribution in [3.8, 4) is 0 Å². The highest BCUT2D eigenvalue weighted by atomic mass is 79.9. The van der Waals surface area contributed by atoms with Crippen LogP contribution >= 0.6 is 27.7 Å². The van der Waals surface area contributed by atoms with Crippen molar-refractivity contribution in [3.63, 3.8) is 0 Å². The molecule has 0 bridgehead atoms. The number of rotatable bonds is 3. The van der Waals surface area contributed by atoms with Crippen LogP contribution < -0.4 is 0 Å². The average molecular weight is 350 g/mol. The summed E-state index contributed by atoms with van der Waals surface area (Å²) < 4.78 is 0.679. The Labute approximate surface area is 126 Å². The maximum absolute atomic E-state index is 11.1. The zero-order valence-corrected chi connectivity index (χ0v) is 12.4. The number of aromatic amines is 1. The number of nitro benzene ring substituents is 1. The van der Waals surface area contributed by atoms with Crippen molar-refractivity contribution >= 4 is 44.4 Å². The van der Waals surface area contributed by atoms with E-state index in [4.69, 9.17) is 0 Å². The van der Waals surface area contributed by atoms with Crippen molar-refractivity contribution in [1.82, 2.24) is 9.97 Å². The summed E-state index contributed by atoms with van der Waals surface area (Å²) >= 11 is 4.49. The van der Waals surface area contributed by atoms with E-state index in [1.807, 2.05) is 24.3 Å². The van der Waals surface area contributed by atoms with Gasteiger partial charge in [-0.2, -0.15) is 0 Å². The number of nitrogens with one attached hydrogen (secondary N) is 1. The molecule has 0 saturated heterocycles. The number of aromatic nitrogens is 2. The molecule has 20 heavy (non-hydrogen) atoms. The summed E-state index contributed by atoms with van der Waals surface area (Å²) in [5.74, 6) is 0. The van der Waals surface area contributed by atoms with Gasteiger partial charge in [0.15, 0.2) is 5.16 Å². The molecule has 0 unspecified atom stereocenters. The zero-order chi connectivity index (χ0) is 14.1. The summed E-state index contributed by atoms with van der Waals surface area (Å²) in [6, 6.07) is 12.6. The van der Waals surface area contributed by atoms with Crippen LogP contribution in [-0.4, -0.2) is 14.9 Å². The molecule has 0 spiro atoms. The minimum absolute atomic E-state index is 0.0600. The van der Waals surface area contributed by atoms with E-state index in [1.165, 1.54) is 17.8 Å². The molecule has 5 nitrogen and oxygen atoms in total. The van der Waals surface area contributed by atoms with Gasteiger partial charge in [0, 0.05) is 10.5 Å². The Hall–Kier alpha value is -1.86. The lowest BCUT2D eigenvalue weighted by molar-refractivity contribution is -0.387. The Bertz CT molecular complexity index is 770. The first-order valence-corrected chi connectivity index (χ1v) is 7.31. The molecule has 0 amide bonds. The van der Waals surface area contributed by atoms with Gasteiger partial charge < -0.3 is 4.98 Å².